The van der Waals surface area contributed by atoms with E-state index in [0.29, 0.717) is 6.04 Å². The third-order valence-electron chi connectivity index (χ3n) is 4.63. The number of likely N-dealkylation sites (tertiary alicyclic amines) is 1. The van der Waals surface area contributed by atoms with Gasteiger partial charge in [-0.25, -0.2) is 0 Å². The Hall–Kier alpha value is -0.160. The Balaban J connectivity index is 2.83. The highest BCUT2D eigenvalue weighted by molar-refractivity contribution is 4.96. The summed E-state index contributed by atoms with van der Waals surface area (Å²) in [5.74, 6) is 0. The monoisotopic (exact) mass is 270 g/mol. The molecule has 1 aliphatic rings. The van der Waals surface area contributed by atoms with Gasteiger partial charge in [0.05, 0.1) is 0 Å². The smallest absolute Gasteiger partial charge is 0.0347 e. The molecule has 1 aliphatic heterocycles. The lowest BCUT2D eigenvalue weighted by molar-refractivity contribution is 0.0371. The van der Waals surface area contributed by atoms with Gasteiger partial charge in [-0.15, -0.1) is 0 Å². The minimum absolute atomic E-state index is 0.203. The molecule has 0 spiro atoms. The zero-order valence-corrected chi connectivity index (χ0v) is 13.7. The predicted octanol–water partition coefficient (Wildman–Crippen LogP) is 1.07. The highest BCUT2D eigenvalue weighted by Crippen LogP contribution is 2.29. The molecule has 0 bridgehead atoms. The Morgan fingerprint density at radius 2 is 1.95 bits per heavy atom. The first-order chi connectivity index (χ1) is 8.95. The highest BCUT2D eigenvalue weighted by atomic mass is 15.3. The summed E-state index contributed by atoms with van der Waals surface area (Å²) in [4.78, 5) is 7.38. The molecule has 19 heavy (non-hydrogen) atoms. The van der Waals surface area contributed by atoms with E-state index in [0.717, 1.165) is 19.6 Å². The molecule has 2 atom stereocenters. The number of likely N-dealkylation sites (N-methyl/N-ethyl adjacent to an activating group) is 2. The topological polar surface area (TPSA) is 35.7 Å². The molecule has 2 unspecified atom stereocenters. The third-order valence-corrected chi connectivity index (χ3v) is 4.63. The van der Waals surface area contributed by atoms with Crippen LogP contribution < -0.4 is 5.73 Å². The van der Waals surface area contributed by atoms with Crippen LogP contribution in [0.15, 0.2) is 0 Å². The molecule has 1 rings (SSSR count). The summed E-state index contributed by atoms with van der Waals surface area (Å²) >= 11 is 0. The lowest BCUT2D eigenvalue weighted by Crippen LogP contribution is -2.59. The van der Waals surface area contributed by atoms with Gasteiger partial charge in [0.2, 0.25) is 0 Å². The van der Waals surface area contributed by atoms with E-state index < -0.39 is 0 Å². The van der Waals surface area contributed by atoms with Crippen molar-refractivity contribution in [3.8, 4) is 0 Å². The van der Waals surface area contributed by atoms with E-state index in [1.807, 2.05) is 0 Å². The van der Waals surface area contributed by atoms with Crippen molar-refractivity contribution in [2.75, 3.05) is 53.9 Å². The Kier molecular flexibility index (Phi) is 6.74. The van der Waals surface area contributed by atoms with E-state index in [1.54, 1.807) is 0 Å². The molecule has 1 saturated heterocycles. The molecule has 0 aromatic rings. The van der Waals surface area contributed by atoms with Crippen molar-refractivity contribution in [1.29, 1.82) is 0 Å². The van der Waals surface area contributed by atoms with Crippen LogP contribution in [0.1, 0.15) is 33.1 Å². The van der Waals surface area contributed by atoms with E-state index >= 15 is 0 Å². The van der Waals surface area contributed by atoms with Crippen LogP contribution in [0.25, 0.3) is 0 Å². The second-order valence-electron chi connectivity index (χ2n) is 6.48. The Morgan fingerprint density at radius 3 is 2.47 bits per heavy atom. The second-order valence-corrected chi connectivity index (χ2v) is 6.48. The largest absolute Gasteiger partial charge is 0.329 e. The van der Waals surface area contributed by atoms with Gasteiger partial charge in [-0.05, 0) is 67.0 Å². The van der Waals surface area contributed by atoms with E-state index in [-0.39, 0.29) is 5.54 Å². The standard InChI is InChI=1S/C15H34N4/c1-6-19(14(2)12-17(3)4)15(13-16)8-7-10-18(5)11-9-15/h14H,6-13,16H2,1-5H3. The van der Waals surface area contributed by atoms with Crippen molar-refractivity contribution >= 4 is 0 Å². The van der Waals surface area contributed by atoms with Gasteiger partial charge in [-0.2, -0.15) is 0 Å². The van der Waals surface area contributed by atoms with E-state index in [4.69, 9.17) is 5.73 Å². The maximum absolute atomic E-state index is 6.22. The zero-order valence-electron chi connectivity index (χ0n) is 13.7. The second kappa shape index (κ2) is 7.58. The molecule has 114 valence electrons. The summed E-state index contributed by atoms with van der Waals surface area (Å²) in [6.07, 6.45) is 3.70. The molecule has 2 N–H and O–H groups in total. The number of hydrogen-bond donors (Lipinski definition) is 1. The zero-order chi connectivity index (χ0) is 14.5. The average Bonchev–Trinajstić information content (AvgIpc) is 2.52. The third kappa shape index (κ3) is 4.42. The summed E-state index contributed by atoms with van der Waals surface area (Å²) in [6, 6.07) is 0.562. The van der Waals surface area contributed by atoms with Crippen molar-refractivity contribution in [3.63, 3.8) is 0 Å². The quantitative estimate of drug-likeness (QED) is 0.783. The SMILES string of the molecule is CCN(C(C)CN(C)C)C1(CN)CCCN(C)CC1. The van der Waals surface area contributed by atoms with Crippen LogP contribution in [-0.4, -0.2) is 80.1 Å². The fourth-order valence-corrected chi connectivity index (χ4v) is 3.66. The van der Waals surface area contributed by atoms with Gasteiger partial charge in [-0.3, -0.25) is 4.90 Å². The fraction of sp³-hybridized carbons (Fsp3) is 1.00. The molecule has 4 nitrogen and oxygen atoms in total. The molecular formula is C15H34N4. The predicted molar refractivity (Wildman–Crippen MR) is 83.5 cm³/mol. The van der Waals surface area contributed by atoms with Crippen LogP contribution in [-0.2, 0) is 0 Å². The summed E-state index contributed by atoms with van der Waals surface area (Å²) in [5, 5.41) is 0. The molecule has 0 amide bonds. The van der Waals surface area contributed by atoms with Crippen LogP contribution >= 0.6 is 0 Å². The molecule has 1 heterocycles. The first kappa shape index (κ1) is 16.9. The van der Waals surface area contributed by atoms with Gasteiger partial charge in [0.1, 0.15) is 0 Å². The first-order valence-electron chi connectivity index (χ1n) is 7.75. The summed E-state index contributed by atoms with van der Waals surface area (Å²) in [7, 11) is 6.53. The van der Waals surface area contributed by atoms with Crippen LogP contribution in [0.2, 0.25) is 0 Å². The summed E-state index contributed by atoms with van der Waals surface area (Å²) in [5.41, 5.74) is 6.43. The van der Waals surface area contributed by atoms with E-state index in [9.17, 15) is 0 Å². The van der Waals surface area contributed by atoms with Crippen molar-refractivity contribution in [1.82, 2.24) is 14.7 Å². The minimum Gasteiger partial charge on any atom is -0.329 e. The van der Waals surface area contributed by atoms with Gasteiger partial charge in [0.25, 0.3) is 0 Å². The minimum atomic E-state index is 0.203. The maximum Gasteiger partial charge on any atom is 0.0347 e. The molecule has 0 radical (unpaired) electrons. The fourth-order valence-electron chi connectivity index (χ4n) is 3.66. The van der Waals surface area contributed by atoms with Gasteiger partial charge in [-0.1, -0.05) is 6.92 Å². The van der Waals surface area contributed by atoms with Crippen LogP contribution in [0, 0.1) is 0 Å². The molecule has 0 aliphatic carbocycles. The Morgan fingerprint density at radius 1 is 1.26 bits per heavy atom. The molecule has 4 heteroatoms. The van der Waals surface area contributed by atoms with Gasteiger partial charge in [0, 0.05) is 24.7 Å². The summed E-state index contributed by atoms with van der Waals surface area (Å²) in [6.45, 7) is 9.98. The van der Waals surface area contributed by atoms with Crippen molar-refractivity contribution < 1.29 is 0 Å². The average molecular weight is 270 g/mol. The molecule has 0 saturated carbocycles. The van der Waals surface area contributed by atoms with Gasteiger partial charge >= 0.3 is 0 Å². The van der Waals surface area contributed by atoms with Crippen molar-refractivity contribution in [3.05, 3.63) is 0 Å². The van der Waals surface area contributed by atoms with E-state index in [1.165, 1.54) is 32.4 Å². The van der Waals surface area contributed by atoms with Gasteiger partial charge < -0.3 is 15.5 Å². The van der Waals surface area contributed by atoms with Crippen LogP contribution in [0.3, 0.4) is 0 Å². The number of rotatable bonds is 6. The Bertz CT molecular complexity index is 257. The van der Waals surface area contributed by atoms with Crippen LogP contribution in [0.5, 0.6) is 0 Å². The number of hydrogen-bond acceptors (Lipinski definition) is 4. The first-order valence-corrected chi connectivity index (χ1v) is 7.75. The van der Waals surface area contributed by atoms with Crippen LogP contribution in [0.4, 0.5) is 0 Å². The molecule has 0 aromatic heterocycles. The van der Waals surface area contributed by atoms with E-state index in [2.05, 4.69) is 49.7 Å². The molecular weight excluding hydrogens is 236 g/mol. The number of nitrogens with zero attached hydrogens (tertiary/aromatic N) is 3. The maximum atomic E-state index is 6.22. The molecule has 0 aromatic carbocycles. The van der Waals surface area contributed by atoms with Gasteiger partial charge in [0.15, 0.2) is 0 Å². The highest BCUT2D eigenvalue weighted by Gasteiger charge is 2.38. The lowest BCUT2D eigenvalue weighted by atomic mass is 9.87. The number of nitrogens with two attached hydrogens (primary N) is 1. The molecule has 1 fully saturated rings. The van der Waals surface area contributed by atoms with Crippen molar-refractivity contribution in [2.45, 2.75) is 44.7 Å². The Labute approximate surface area is 119 Å². The van der Waals surface area contributed by atoms with Crippen molar-refractivity contribution in [2.24, 2.45) is 5.73 Å². The normalized spacial score (nSPS) is 27.8. The lowest BCUT2D eigenvalue weighted by Gasteiger charge is -2.46. The summed E-state index contributed by atoms with van der Waals surface area (Å²) < 4.78 is 0.